The number of fused-ring (bicyclic) bond motifs is 1. The summed E-state index contributed by atoms with van der Waals surface area (Å²) in [6.45, 7) is 7.18. The Morgan fingerprint density at radius 1 is 1.23 bits per heavy atom. The van der Waals surface area contributed by atoms with E-state index in [9.17, 15) is 10.1 Å². The van der Waals surface area contributed by atoms with Crippen molar-refractivity contribution in [1.82, 2.24) is 0 Å². The van der Waals surface area contributed by atoms with Crippen LogP contribution >= 0.6 is 0 Å². The normalized spacial score (nSPS) is 13.6. The average molecular weight is 407 g/mol. The first-order valence-electron chi connectivity index (χ1n) is 10.7. The Kier molecular flexibility index (Phi) is 7.87. The highest BCUT2D eigenvalue weighted by molar-refractivity contribution is 5.73. The van der Waals surface area contributed by atoms with Crippen LogP contribution in [0.25, 0.3) is 0 Å². The summed E-state index contributed by atoms with van der Waals surface area (Å²) in [5, 5.41) is 9.71. The number of hydrogen-bond acceptors (Lipinski definition) is 5. The van der Waals surface area contributed by atoms with Gasteiger partial charge in [-0.3, -0.25) is 4.79 Å². The van der Waals surface area contributed by atoms with Crippen molar-refractivity contribution in [3.63, 3.8) is 0 Å². The number of benzene rings is 2. The molecule has 0 amide bonds. The number of hydrogen-bond donors (Lipinski definition) is 0. The molecule has 0 fully saturated rings. The van der Waals surface area contributed by atoms with Crippen molar-refractivity contribution >= 4 is 11.7 Å². The third-order valence-corrected chi connectivity index (χ3v) is 5.40. The van der Waals surface area contributed by atoms with Crippen molar-refractivity contribution in [1.29, 1.82) is 5.26 Å². The van der Waals surface area contributed by atoms with E-state index in [1.807, 2.05) is 38.1 Å². The minimum Gasteiger partial charge on any atom is -0.466 e. The summed E-state index contributed by atoms with van der Waals surface area (Å²) in [6, 6.07) is 16.6. The van der Waals surface area contributed by atoms with E-state index in [0.717, 1.165) is 37.2 Å². The zero-order valence-corrected chi connectivity index (χ0v) is 17.9. The Morgan fingerprint density at radius 2 is 2.03 bits per heavy atom. The molecule has 1 aliphatic heterocycles. The van der Waals surface area contributed by atoms with Crippen molar-refractivity contribution in [3.05, 3.63) is 64.7 Å². The first kappa shape index (κ1) is 21.9. The average Bonchev–Trinajstić information content (AvgIpc) is 3.16. The van der Waals surface area contributed by atoms with Crippen LogP contribution in [-0.2, 0) is 33.7 Å². The highest BCUT2D eigenvalue weighted by Crippen LogP contribution is 2.33. The van der Waals surface area contributed by atoms with Gasteiger partial charge >= 0.3 is 5.97 Å². The molecule has 30 heavy (non-hydrogen) atoms. The largest absolute Gasteiger partial charge is 0.466 e. The number of carbonyl (C=O) groups is 1. The standard InChI is InChI=1S/C25H30N2O3/c1-3-30-25(28)19(2)14-21-15-22-10-12-27(24(22)23(16-21)17-26)11-7-13-29-18-20-8-5-4-6-9-20/h4-6,8-9,15-16,19H,3,7,10-14,18H2,1-2H3. The van der Waals surface area contributed by atoms with Gasteiger partial charge in [0.15, 0.2) is 0 Å². The Morgan fingerprint density at radius 3 is 2.77 bits per heavy atom. The number of nitrogens with zero attached hydrogens (tertiary/aromatic N) is 2. The lowest BCUT2D eigenvalue weighted by molar-refractivity contribution is -0.147. The molecule has 1 atom stereocenters. The van der Waals surface area contributed by atoms with Crippen molar-refractivity contribution in [2.75, 3.05) is 31.2 Å². The lowest BCUT2D eigenvalue weighted by atomic mass is 9.96. The molecular weight excluding hydrogens is 376 g/mol. The van der Waals surface area contributed by atoms with Crippen LogP contribution in [0.5, 0.6) is 0 Å². The molecule has 5 heteroatoms. The molecule has 2 aromatic rings. The topological polar surface area (TPSA) is 62.6 Å². The molecule has 0 aliphatic carbocycles. The van der Waals surface area contributed by atoms with Crippen molar-refractivity contribution in [3.8, 4) is 6.07 Å². The molecule has 2 aromatic carbocycles. The molecule has 158 valence electrons. The van der Waals surface area contributed by atoms with E-state index in [1.165, 1.54) is 11.1 Å². The van der Waals surface area contributed by atoms with Crippen LogP contribution in [0.4, 0.5) is 5.69 Å². The van der Waals surface area contributed by atoms with Crippen molar-refractivity contribution in [2.24, 2.45) is 5.92 Å². The van der Waals surface area contributed by atoms with Gasteiger partial charge in [-0.1, -0.05) is 43.3 Å². The summed E-state index contributed by atoms with van der Waals surface area (Å²) in [6.07, 6.45) is 2.43. The van der Waals surface area contributed by atoms with Gasteiger partial charge in [-0.2, -0.15) is 5.26 Å². The molecule has 1 heterocycles. The number of nitriles is 1. The summed E-state index contributed by atoms with van der Waals surface area (Å²) in [7, 11) is 0. The van der Waals surface area contributed by atoms with Gasteiger partial charge in [0, 0.05) is 19.7 Å². The second-order valence-electron chi connectivity index (χ2n) is 7.75. The predicted octanol–water partition coefficient (Wildman–Crippen LogP) is 4.27. The zero-order valence-electron chi connectivity index (χ0n) is 17.9. The molecule has 0 N–H and O–H groups in total. The van der Waals surface area contributed by atoms with Crippen LogP contribution in [0, 0.1) is 17.2 Å². The highest BCUT2D eigenvalue weighted by atomic mass is 16.5. The maximum Gasteiger partial charge on any atom is 0.308 e. The number of ether oxygens (including phenoxy) is 2. The first-order chi connectivity index (χ1) is 14.6. The Balaban J connectivity index is 1.56. The van der Waals surface area contributed by atoms with Gasteiger partial charge in [-0.15, -0.1) is 0 Å². The molecule has 1 aliphatic rings. The van der Waals surface area contributed by atoms with Crippen molar-refractivity contribution in [2.45, 2.75) is 39.7 Å². The maximum atomic E-state index is 11.9. The van der Waals surface area contributed by atoms with Gasteiger partial charge in [0.1, 0.15) is 6.07 Å². The second-order valence-corrected chi connectivity index (χ2v) is 7.75. The van der Waals surface area contributed by atoms with E-state index in [-0.39, 0.29) is 11.9 Å². The minimum atomic E-state index is -0.214. The van der Waals surface area contributed by atoms with E-state index in [0.29, 0.717) is 31.8 Å². The first-order valence-corrected chi connectivity index (χ1v) is 10.7. The van der Waals surface area contributed by atoms with Crippen LogP contribution in [0.15, 0.2) is 42.5 Å². The molecule has 0 spiro atoms. The summed E-state index contributed by atoms with van der Waals surface area (Å²) >= 11 is 0. The predicted molar refractivity (Wildman–Crippen MR) is 117 cm³/mol. The van der Waals surface area contributed by atoms with Crippen molar-refractivity contribution < 1.29 is 14.3 Å². The smallest absolute Gasteiger partial charge is 0.308 e. The Bertz CT molecular complexity index is 889. The van der Waals surface area contributed by atoms with Crippen LogP contribution < -0.4 is 4.90 Å². The quantitative estimate of drug-likeness (QED) is 0.436. The minimum absolute atomic E-state index is 0.186. The maximum absolute atomic E-state index is 11.9. The van der Waals surface area contributed by atoms with Gasteiger partial charge in [-0.25, -0.2) is 0 Å². The Labute approximate surface area is 179 Å². The molecule has 0 bridgehead atoms. The zero-order chi connectivity index (χ0) is 21.3. The van der Waals surface area contributed by atoms with Crippen LogP contribution in [0.1, 0.15) is 42.5 Å². The van der Waals surface area contributed by atoms with E-state index >= 15 is 0 Å². The van der Waals surface area contributed by atoms with Gasteiger partial charge in [0.25, 0.3) is 0 Å². The van der Waals surface area contributed by atoms with Crippen LogP contribution in [0.2, 0.25) is 0 Å². The van der Waals surface area contributed by atoms with E-state index in [1.54, 1.807) is 0 Å². The molecular formula is C25H30N2O3. The molecule has 0 saturated carbocycles. The van der Waals surface area contributed by atoms with Crippen LogP contribution in [0.3, 0.4) is 0 Å². The lowest BCUT2D eigenvalue weighted by Crippen LogP contribution is -2.23. The van der Waals surface area contributed by atoms with Gasteiger partial charge in [0.05, 0.1) is 30.4 Å². The SMILES string of the molecule is CCOC(=O)C(C)Cc1cc(C#N)c2c(c1)CCN2CCCOCc1ccccc1. The molecule has 0 radical (unpaired) electrons. The van der Waals surface area contributed by atoms with Gasteiger partial charge < -0.3 is 14.4 Å². The summed E-state index contributed by atoms with van der Waals surface area (Å²) in [5.74, 6) is -0.401. The van der Waals surface area contributed by atoms with Gasteiger partial charge in [0.2, 0.25) is 0 Å². The number of carbonyl (C=O) groups excluding carboxylic acids is 1. The lowest BCUT2D eigenvalue weighted by Gasteiger charge is -2.21. The molecule has 3 rings (SSSR count). The van der Waals surface area contributed by atoms with E-state index < -0.39 is 0 Å². The molecule has 0 aromatic heterocycles. The second kappa shape index (κ2) is 10.8. The number of anilines is 1. The molecule has 0 saturated heterocycles. The Hall–Kier alpha value is -2.84. The van der Waals surface area contributed by atoms with E-state index in [4.69, 9.17) is 9.47 Å². The van der Waals surface area contributed by atoms with E-state index in [2.05, 4.69) is 29.2 Å². The number of rotatable bonds is 10. The fraction of sp³-hybridized carbons (Fsp3) is 0.440. The fourth-order valence-electron chi connectivity index (χ4n) is 3.96. The monoisotopic (exact) mass is 406 g/mol. The third kappa shape index (κ3) is 5.61. The summed E-state index contributed by atoms with van der Waals surface area (Å²) in [5.41, 5.74) is 5.15. The van der Waals surface area contributed by atoms with Gasteiger partial charge in [-0.05, 0) is 48.9 Å². The number of esters is 1. The molecule has 5 nitrogen and oxygen atoms in total. The molecule has 1 unspecified atom stereocenters. The summed E-state index contributed by atoms with van der Waals surface area (Å²) in [4.78, 5) is 14.2. The van der Waals surface area contributed by atoms with Crippen LogP contribution in [-0.4, -0.2) is 32.3 Å². The highest BCUT2D eigenvalue weighted by Gasteiger charge is 2.24. The third-order valence-electron chi connectivity index (χ3n) is 5.40. The summed E-state index contributed by atoms with van der Waals surface area (Å²) < 4.78 is 10.9. The fourth-order valence-corrected chi connectivity index (χ4v) is 3.96.